The summed E-state index contributed by atoms with van der Waals surface area (Å²) in [5.41, 5.74) is 13.9. The number of nitrogens with two attached hydrogens (primary N) is 1. The van der Waals surface area contributed by atoms with Gasteiger partial charge in [0.1, 0.15) is 17.2 Å². The number of hydrogen-bond donors (Lipinski definition) is 2. The molecule has 0 atom stereocenters. The second kappa shape index (κ2) is 24.7. The Kier molecular flexibility index (Phi) is 17.2. The minimum absolute atomic E-state index is 0.0160. The third-order valence-corrected chi connectivity index (χ3v) is 15.5. The standard InChI is InChI=1S/C33H36N4O3S.C28H28N4OS/c1-33(2,3)40-32(39)36-28-12-11-24(30-10-7-17-41-30)19-25(28)20-29(38)26-21-34-31(35-22-26)18-23-13-15-37(16-14-23)27-8-5-4-6-9-27;29-25-9-8-21(27-7-4-14-34-27)16-22(25)17-26(33)23-18-30-28(31-19-23)15-20-10-12-32(13-11-20)24-5-2-1-3-6-24/h4-12,17,19,21-23H,13-16,18,20H2,1-3H3,(H,36,39);1-9,14,16,18-20H,10-13,15,17,29H2. The Labute approximate surface area is 448 Å². The number of ether oxygens (including phenoxy) is 1. The lowest BCUT2D eigenvalue weighted by atomic mass is 9.93. The van der Waals surface area contributed by atoms with Crippen molar-refractivity contribution in [2.75, 3.05) is 47.0 Å². The van der Waals surface area contributed by atoms with Gasteiger partial charge in [-0.2, -0.15) is 0 Å². The van der Waals surface area contributed by atoms with Crippen molar-refractivity contribution in [1.29, 1.82) is 0 Å². The van der Waals surface area contributed by atoms with Gasteiger partial charge < -0.3 is 20.3 Å². The fraction of sp³-hybridized carbons (Fsp3) is 0.295. The quantitative estimate of drug-likeness (QED) is 0.0744. The van der Waals surface area contributed by atoms with Gasteiger partial charge >= 0.3 is 6.09 Å². The molecule has 10 rings (SSSR count). The Balaban J connectivity index is 0.000000187. The van der Waals surface area contributed by atoms with Gasteiger partial charge in [-0.05, 0) is 152 Å². The molecule has 0 bridgehead atoms. The maximum Gasteiger partial charge on any atom is 0.412 e. The molecule has 2 aliphatic heterocycles. The zero-order valence-corrected chi connectivity index (χ0v) is 44.5. The van der Waals surface area contributed by atoms with Crippen molar-refractivity contribution >= 4 is 63.1 Å². The largest absolute Gasteiger partial charge is 0.444 e. The monoisotopic (exact) mass is 1040 g/mol. The number of amides is 1. The number of carbonyl (C=O) groups excluding carboxylic acids is 3. The maximum absolute atomic E-state index is 13.3. The summed E-state index contributed by atoms with van der Waals surface area (Å²) in [6, 6.07) is 40.8. The second-order valence-corrected chi connectivity index (χ2v) is 22.2. The number of nitrogens with zero attached hydrogens (tertiary/aromatic N) is 6. The van der Waals surface area contributed by atoms with Crippen LogP contribution < -0.4 is 20.9 Å². The number of Topliss-reactive ketones (excluding diaryl/α,β-unsaturated/α-hetero) is 2. The molecule has 384 valence electrons. The molecule has 2 fully saturated rings. The number of benzene rings is 4. The van der Waals surface area contributed by atoms with E-state index in [1.54, 1.807) is 47.5 Å². The number of rotatable bonds is 15. The van der Waals surface area contributed by atoms with Crippen molar-refractivity contribution in [2.45, 2.75) is 77.7 Å². The number of piperidine rings is 2. The fourth-order valence-electron chi connectivity index (χ4n) is 9.57. The van der Waals surface area contributed by atoms with Crippen molar-refractivity contribution in [3.63, 3.8) is 0 Å². The molecule has 75 heavy (non-hydrogen) atoms. The lowest BCUT2D eigenvalue weighted by Gasteiger charge is -2.33. The number of para-hydroxylation sites is 2. The normalized spacial score (nSPS) is 14.2. The van der Waals surface area contributed by atoms with Crippen molar-refractivity contribution < 1.29 is 19.1 Å². The molecule has 4 aromatic heterocycles. The number of thiophene rings is 2. The minimum Gasteiger partial charge on any atom is -0.444 e. The Morgan fingerprint density at radius 3 is 1.47 bits per heavy atom. The van der Waals surface area contributed by atoms with Gasteiger partial charge in [0.05, 0.1) is 11.1 Å². The fourth-order valence-corrected chi connectivity index (χ4v) is 11.0. The van der Waals surface area contributed by atoms with Crippen LogP contribution in [0.1, 0.15) is 89.9 Å². The first kappa shape index (κ1) is 52.3. The maximum atomic E-state index is 13.3. The molecule has 2 aliphatic rings. The third kappa shape index (κ3) is 14.6. The van der Waals surface area contributed by atoms with Gasteiger partial charge in [0.25, 0.3) is 0 Å². The SMILES string of the molecule is CC(C)(C)OC(=O)Nc1ccc(-c2cccs2)cc1CC(=O)c1cnc(CC2CCN(c3ccccc3)CC2)nc1.Nc1ccc(-c2cccs2)cc1CC(=O)c1cnc(CC2CCN(c3ccccc3)CC2)nc1. The highest BCUT2D eigenvalue weighted by Crippen LogP contribution is 2.32. The molecule has 0 unspecified atom stereocenters. The first-order chi connectivity index (χ1) is 36.4. The van der Waals surface area contributed by atoms with Crippen LogP contribution in [0.25, 0.3) is 20.9 Å². The zero-order chi connectivity index (χ0) is 52.2. The molecule has 0 spiro atoms. The minimum atomic E-state index is -0.630. The smallest absolute Gasteiger partial charge is 0.412 e. The Hall–Kier alpha value is -7.55. The number of hydrogen-bond acceptors (Lipinski definition) is 13. The Bertz CT molecular complexity index is 3110. The highest BCUT2D eigenvalue weighted by atomic mass is 32.1. The van der Waals surface area contributed by atoms with Gasteiger partial charge in [-0.15, -0.1) is 22.7 Å². The average molecular weight is 1040 g/mol. The van der Waals surface area contributed by atoms with Gasteiger partial charge in [0.15, 0.2) is 11.6 Å². The molecule has 1 amide bonds. The van der Waals surface area contributed by atoms with E-state index >= 15 is 0 Å². The molecule has 14 heteroatoms. The predicted molar refractivity (Wildman–Crippen MR) is 304 cm³/mol. The summed E-state index contributed by atoms with van der Waals surface area (Å²) in [6.45, 7) is 9.59. The molecular weight excluding hydrogens is 973 g/mol. The number of anilines is 4. The van der Waals surface area contributed by atoms with E-state index in [2.05, 4.69) is 95.7 Å². The second-order valence-electron chi connectivity index (χ2n) is 20.3. The summed E-state index contributed by atoms with van der Waals surface area (Å²) in [7, 11) is 0. The van der Waals surface area contributed by atoms with E-state index in [1.165, 1.54) is 11.4 Å². The zero-order valence-electron chi connectivity index (χ0n) is 42.9. The van der Waals surface area contributed by atoms with E-state index in [0.717, 1.165) is 103 Å². The van der Waals surface area contributed by atoms with Crippen molar-refractivity contribution in [1.82, 2.24) is 19.9 Å². The van der Waals surface area contributed by atoms with E-state index in [0.29, 0.717) is 39.9 Å². The van der Waals surface area contributed by atoms with Crippen LogP contribution in [0.3, 0.4) is 0 Å². The van der Waals surface area contributed by atoms with Gasteiger partial charge in [-0.1, -0.05) is 60.7 Å². The van der Waals surface area contributed by atoms with Crippen LogP contribution in [0.4, 0.5) is 27.5 Å². The van der Waals surface area contributed by atoms with Crippen LogP contribution in [0.5, 0.6) is 0 Å². The van der Waals surface area contributed by atoms with Gasteiger partial charge in [0, 0.05) is 109 Å². The molecule has 6 heterocycles. The summed E-state index contributed by atoms with van der Waals surface area (Å²) >= 11 is 3.29. The highest BCUT2D eigenvalue weighted by Gasteiger charge is 2.24. The number of carbonyl (C=O) groups is 3. The molecule has 3 N–H and O–H groups in total. The highest BCUT2D eigenvalue weighted by molar-refractivity contribution is 7.13. The summed E-state index contributed by atoms with van der Waals surface area (Å²) in [5, 5.41) is 6.88. The summed E-state index contributed by atoms with van der Waals surface area (Å²) in [4.78, 5) is 64.0. The van der Waals surface area contributed by atoms with Gasteiger partial charge in [-0.25, -0.2) is 24.7 Å². The molecule has 0 radical (unpaired) electrons. The number of aromatic nitrogens is 4. The molecule has 0 aliphatic carbocycles. The lowest BCUT2D eigenvalue weighted by Crippen LogP contribution is -2.34. The van der Waals surface area contributed by atoms with Crippen molar-refractivity contribution in [3.8, 4) is 20.9 Å². The number of nitrogens with one attached hydrogen (secondary N) is 1. The first-order valence-corrected chi connectivity index (χ1v) is 27.5. The van der Waals surface area contributed by atoms with Crippen LogP contribution in [0.15, 0.2) is 157 Å². The van der Waals surface area contributed by atoms with Gasteiger partial charge in [0.2, 0.25) is 0 Å². The first-order valence-electron chi connectivity index (χ1n) is 25.8. The van der Waals surface area contributed by atoms with E-state index in [9.17, 15) is 14.4 Å². The van der Waals surface area contributed by atoms with E-state index in [1.807, 2.05) is 92.2 Å². The van der Waals surface area contributed by atoms with Crippen LogP contribution in [-0.4, -0.2) is 69.4 Å². The average Bonchev–Trinajstić information content (AvgIpc) is 4.18. The van der Waals surface area contributed by atoms with Crippen LogP contribution in [0.2, 0.25) is 0 Å². The van der Waals surface area contributed by atoms with Crippen LogP contribution in [-0.2, 0) is 30.4 Å². The molecule has 12 nitrogen and oxygen atoms in total. The van der Waals surface area contributed by atoms with Crippen molar-refractivity contribution in [2.24, 2.45) is 11.8 Å². The van der Waals surface area contributed by atoms with E-state index in [4.69, 9.17) is 10.5 Å². The van der Waals surface area contributed by atoms with Gasteiger partial charge in [-0.3, -0.25) is 14.9 Å². The summed E-state index contributed by atoms with van der Waals surface area (Å²) in [6.07, 6.45) is 12.5. The summed E-state index contributed by atoms with van der Waals surface area (Å²) < 4.78 is 5.44. The third-order valence-electron chi connectivity index (χ3n) is 13.7. The van der Waals surface area contributed by atoms with Crippen LogP contribution >= 0.6 is 22.7 Å². The number of ketones is 2. The van der Waals surface area contributed by atoms with Crippen molar-refractivity contribution in [3.05, 3.63) is 191 Å². The topological polar surface area (TPSA) is 157 Å². The number of nitrogen functional groups attached to an aromatic ring is 1. The molecule has 4 aromatic carbocycles. The molecule has 0 saturated carbocycles. The Morgan fingerprint density at radius 1 is 0.587 bits per heavy atom. The molecular formula is C61H64N8O4S2. The lowest BCUT2D eigenvalue weighted by molar-refractivity contribution is 0.0635. The molecule has 2 saturated heterocycles. The predicted octanol–water partition coefficient (Wildman–Crippen LogP) is 13.1. The van der Waals surface area contributed by atoms with E-state index in [-0.39, 0.29) is 24.4 Å². The Morgan fingerprint density at radius 2 is 1.03 bits per heavy atom. The summed E-state index contributed by atoms with van der Waals surface area (Å²) in [5.74, 6) is 2.56. The molecule has 8 aromatic rings. The van der Waals surface area contributed by atoms with E-state index < -0.39 is 11.7 Å². The van der Waals surface area contributed by atoms with Crippen LogP contribution in [0, 0.1) is 11.8 Å².